The predicted octanol–water partition coefficient (Wildman–Crippen LogP) is 3.37. The van der Waals surface area contributed by atoms with E-state index < -0.39 is 0 Å². The van der Waals surface area contributed by atoms with Gasteiger partial charge >= 0.3 is 0 Å². The van der Waals surface area contributed by atoms with Gasteiger partial charge in [0.15, 0.2) is 5.96 Å². The number of piperazine rings is 1. The molecule has 7 heteroatoms. The average molecular weight is 442 g/mol. The summed E-state index contributed by atoms with van der Waals surface area (Å²) in [5.41, 5.74) is 1.26. The molecule has 1 aromatic heterocycles. The Kier molecular flexibility index (Phi) is 7.70. The van der Waals surface area contributed by atoms with Gasteiger partial charge in [-0.1, -0.05) is 6.07 Å². The molecule has 1 aromatic carbocycles. The Labute approximate surface area is 190 Å². The van der Waals surface area contributed by atoms with Gasteiger partial charge < -0.3 is 19.9 Å². The molecule has 0 amide bonds. The van der Waals surface area contributed by atoms with Crippen LogP contribution in [0.5, 0.6) is 5.75 Å². The number of guanidine groups is 1. The standard InChI is InChI=1S/C24H35N5OS/c1-25-24(26-17-20-5-3-11-27(18-20)19-23-6-4-16-31-23)29-14-12-28(13-15-29)21-7-9-22(30-2)10-8-21/h4,6-10,16,20H,3,5,11-15,17-19H2,1-2H3,(H,25,26). The number of rotatable bonds is 6. The summed E-state index contributed by atoms with van der Waals surface area (Å²) in [7, 11) is 3.61. The molecule has 6 nitrogen and oxygen atoms in total. The van der Waals surface area contributed by atoms with Gasteiger partial charge in [0.1, 0.15) is 5.75 Å². The van der Waals surface area contributed by atoms with Crippen molar-refractivity contribution >= 4 is 23.0 Å². The van der Waals surface area contributed by atoms with Crippen LogP contribution in [0.1, 0.15) is 17.7 Å². The zero-order valence-electron chi connectivity index (χ0n) is 18.8. The van der Waals surface area contributed by atoms with Crippen molar-refractivity contribution in [1.29, 1.82) is 0 Å². The van der Waals surface area contributed by atoms with E-state index >= 15 is 0 Å². The first-order valence-electron chi connectivity index (χ1n) is 11.3. The molecule has 2 aromatic rings. The molecular weight excluding hydrogens is 406 g/mol. The molecule has 4 rings (SSSR count). The molecule has 0 saturated carbocycles. The number of benzene rings is 1. The zero-order chi connectivity index (χ0) is 21.5. The number of aliphatic imine (C=N–C) groups is 1. The number of methoxy groups -OCH3 is 1. The van der Waals surface area contributed by atoms with Gasteiger partial charge in [-0.15, -0.1) is 11.3 Å². The maximum absolute atomic E-state index is 5.28. The molecular formula is C24H35N5OS. The van der Waals surface area contributed by atoms with Crippen LogP contribution < -0.4 is 15.0 Å². The van der Waals surface area contributed by atoms with E-state index in [2.05, 4.69) is 54.7 Å². The van der Waals surface area contributed by atoms with Crippen molar-refractivity contribution in [3.05, 3.63) is 46.7 Å². The van der Waals surface area contributed by atoms with Crippen LogP contribution in [-0.2, 0) is 6.54 Å². The molecule has 1 N–H and O–H groups in total. The number of piperidine rings is 1. The van der Waals surface area contributed by atoms with Crippen molar-refractivity contribution in [1.82, 2.24) is 15.1 Å². The highest BCUT2D eigenvalue weighted by atomic mass is 32.1. The average Bonchev–Trinajstić information content (AvgIpc) is 3.33. The summed E-state index contributed by atoms with van der Waals surface area (Å²) >= 11 is 1.87. The highest BCUT2D eigenvalue weighted by Crippen LogP contribution is 2.22. The lowest BCUT2D eigenvalue weighted by molar-refractivity contribution is 0.169. The Hall–Kier alpha value is -2.25. The highest BCUT2D eigenvalue weighted by Gasteiger charge is 2.23. The Balaban J connectivity index is 1.23. The minimum Gasteiger partial charge on any atom is -0.497 e. The second-order valence-corrected chi connectivity index (χ2v) is 9.46. The number of hydrogen-bond acceptors (Lipinski definition) is 5. The van der Waals surface area contributed by atoms with Crippen LogP contribution in [0.25, 0.3) is 0 Å². The minimum atomic E-state index is 0.686. The Bertz CT molecular complexity index is 815. The third-order valence-electron chi connectivity index (χ3n) is 6.34. The van der Waals surface area contributed by atoms with Gasteiger partial charge in [-0.3, -0.25) is 9.89 Å². The molecule has 0 spiro atoms. The molecule has 0 radical (unpaired) electrons. The van der Waals surface area contributed by atoms with E-state index in [-0.39, 0.29) is 0 Å². The van der Waals surface area contributed by atoms with Gasteiger partial charge in [-0.05, 0) is 61.0 Å². The zero-order valence-corrected chi connectivity index (χ0v) is 19.6. The summed E-state index contributed by atoms with van der Waals surface area (Å²) in [6.07, 6.45) is 2.59. The van der Waals surface area contributed by atoms with Gasteiger partial charge in [-0.25, -0.2) is 0 Å². The summed E-state index contributed by atoms with van der Waals surface area (Å²) in [4.78, 5) is 13.5. The van der Waals surface area contributed by atoms with Gasteiger partial charge in [-0.2, -0.15) is 0 Å². The van der Waals surface area contributed by atoms with Crippen molar-refractivity contribution in [3.63, 3.8) is 0 Å². The van der Waals surface area contributed by atoms with E-state index in [9.17, 15) is 0 Å². The summed E-state index contributed by atoms with van der Waals surface area (Å²) < 4.78 is 5.28. The highest BCUT2D eigenvalue weighted by molar-refractivity contribution is 7.09. The lowest BCUT2D eigenvalue weighted by atomic mass is 9.98. The van der Waals surface area contributed by atoms with E-state index in [1.165, 1.54) is 36.5 Å². The Morgan fingerprint density at radius 2 is 1.94 bits per heavy atom. The van der Waals surface area contributed by atoms with Crippen LogP contribution in [0.3, 0.4) is 0 Å². The van der Waals surface area contributed by atoms with Crippen molar-refractivity contribution < 1.29 is 4.74 Å². The number of hydrogen-bond donors (Lipinski definition) is 1. The molecule has 2 fully saturated rings. The summed E-state index contributed by atoms with van der Waals surface area (Å²) in [6.45, 7) is 8.48. The van der Waals surface area contributed by atoms with Crippen LogP contribution >= 0.6 is 11.3 Å². The summed E-state index contributed by atoms with van der Waals surface area (Å²) in [6, 6.07) is 12.8. The van der Waals surface area contributed by atoms with Gasteiger partial charge in [0, 0.05) is 63.4 Å². The fraction of sp³-hybridized carbons (Fsp3) is 0.542. The minimum absolute atomic E-state index is 0.686. The van der Waals surface area contributed by atoms with Crippen LogP contribution in [0, 0.1) is 5.92 Å². The molecule has 1 atom stereocenters. The molecule has 3 heterocycles. The quantitative estimate of drug-likeness (QED) is 0.550. The Morgan fingerprint density at radius 1 is 1.13 bits per heavy atom. The van der Waals surface area contributed by atoms with E-state index in [1.54, 1.807) is 7.11 Å². The maximum Gasteiger partial charge on any atom is 0.193 e. The smallest absolute Gasteiger partial charge is 0.193 e. The SMILES string of the molecule is CN=C(NCC1CCCN(Cc2cccs2)C1)N1CCN(c2ccc(OC)cc2)CC1. The molecule has 2 aliphatic heterocycles. The molecule has 31 heavy (non-hydrogen) atoms. The van der Waals surface area contributed by atoms with Gasteiger partial charge in [0.2, 0.25) is 0 Å². The molecule has 0 aliphatic carbocycles. The monoisotopic (exact) mass is 441 g/mol. The fourth-order valence-corrected chi connectivity index (χ4v) is 5.37. The first kappa shape index (κ1) is 22.0. The molecule has 1 unspecified atom stereocenters. The number of anilines is 1. The summed E-state index contributed by atoms with van der Waals surface area (Å²) in [5.74, 6) is 2.64. The number of thiophene rings is 1. The van der Waals surface area contributed by atoms with Gasteiger partial charge in [0.05, 0.1) is 7.11 Å². The first-order valence-corrected chi connectivity index (χ1v) is 12.2. The summed E-state index contributed by atoms with van der Waals surface area (Å²) in [5, 5.41) is 5.85. The number of nitrogens with zero attached hydrogens (tertiary/aromatic N) is 4. The third-order valence-corrected chi connectivity index (χ3v) is 7.20. The molecule has 2 aliphatic rings. The van der Waals surface area contributed by atoms with Crippen LogP contribution in [0.15, 0.2) is 46.8 Å². The largest absolute Gasteiger partial charge is 0.497 e. The van der Waals surface area contributed by atoms with Crippen molar-refractivity contribution in [2.75, 3.05) is 64.9 Å². The van der Waals surface area contributed by atoms with Gasteiger partial charge in [0.25, 0.3) is 0 Å². The van der Waals surface area contributed by atoms with E-state index in [0.717, 1.165) is 51.0 Å². The second kappa shape index (κ2) is 10.9. The van der Waals surface area contributed by atoms with Crippen LogP contribution in [0.4, 0.5) is 5.69 Å². The topological polar surface area (TPSA) is 43.3 Å². The number of ether oxygens (including phenoxy) is 1. The third kappa shape index (κ3) is 5.92. The normalized spacial score (nSPS) is 20.7. The van der Waals surface area contributed by atoms with Crippen molar-refractivity contribution in [3.8, 4) is 5.75 Å². The fourth-order valence-electron chi connectivity index (χ4n) is 4.62. The van der Waals surface area contributed by atoms with Crippen LogP contribution in [-0.4, -0.2) is 75.7 Å². The lowest BCUT2D eigenvalue weighted by Crippen LogP contribution is -2.53. The number of nitrogens with one attached hydrogen (secondary N) is 1. The maximum atomic E-state index is 5.28. The predicted molar refractivity (Wildman–Crippen MR) is 130 cm³/mol. The van der Waals surface area contributed by atoms with Crippen LogP contribution in [0.2, 0.25) is 0 Å². The van der Waals surface area contributed by atoms with Crippen molar-refractivity contribution in [2.45, 2.75) is 19.4 Å². The second-order valence-electron chi connectivity index (χ2n) is 8.42. The Morgan fingerprint density at radius 3 is 2.61 bits per heavy atom. The van der Waals surface area contributed by atoms with E-state index in [4.69, 9.17) is 4.74 Å². The molecule has 168 valence electrons. The lowest BCUT2D eigenvalue weighted by Gasteiger charge is -2.38. The molecule has 0 bridgehead atoms. The van der Waals surface area contributed by atoms with Crippen molar-refractivity contribution in [2.24, 2.45) is 10.9 Å². The first-order chi connectivity index (χ1) is 15.2. The number of likely N-dealkylation sites (tertiary alicyclic amines) is 1. The van der Waals surface area contributed by atoms with E-state index in [0.29, 0.717) is 5.92 Å². The molecule has 2 saturated heterocycles. The van der Waals surface area contributed by atoms with E-state index in [1.807, 2.05) is 30.5 Å².